The van der Waals surface area contributed by atoms with Crippen LogP contribution in [0.4, 0.5) is 0 Å². The van der Waals surface area contributed by atoms with Gasteiger partial charge in [-0.05, 0) is 101 Å². The Balaban J connectivity index is 0. The van der Waals surface area contributed by atoms with Gasteiger partial charge in [-0.1, -0.05) is 0 Å². The molecule has 0 N–H and O–H groups in total. The molecular formula is C23H56O6Si3. The molecule has 0 spiro atoms. The molecule has 0 atom stereocenters. The fourth-order valence-electron chi connectivity index (χ4n) is 2.84. The summed E-state index contributed by atoms with van der Waals surface area (Å²) in [6.07, 6.45) is 3.61. The average Bonchev–Trinajstić information content (AvgIpc) is 2.56. The third-order valence-electron chi connectivity index (χ3n) is 3.76. The normalized spacial score (nSPS) is 13.3. The standard InChI is InChI=1S/C14H36O4Si3.C9H20O2/c1-13(2)15-11-19(5,6)17-21(9,10)18-20(7,8)12-16-14(3)4;1-8(2)10-6-5-7-11-9(3)4/h13-14H,11-12H2,1-10H3;8-9H,5-7H2,1-4H3. The first-order valence-corrected chi connectivity index (χ1v) is 21.3. The Hall–Kier alpha value is 0.411. The lowest BCUT2D eigenvalue weighted by atomic mass is 10.4. The highest BCUT2D eigenvalue weighted by Gasteiger charge is 2.40. The molecule has 0 aromatic rings. The minimum absolute atomic E-state index is 0.247. The Kier molecular flexibility index (Phi) is 18.3. The Morgan fingerprint density at radius 1 is 0.469 bits per heavy atom. The van der Waals surface area contributed by atoms with E-state index in [0.717, 1.165) is 32.1 Å². The first-order valence-electron chi connectivity index (χ1n) is 12.2. The molecule has 0 amide bonds. The van der Waals surface area contributed by atoms with Crippen LogP contribution in [0.5, 0.6) is 0 Å². The van der Waals surface area contributed by atoms with Crippen LogP contribution in [0.25, 0.3) is 0 Å². The van der Waals surface area contributed by atoms with Crippen LogP contribution in [-0.4, -0.2) is 75.3 Å². The van der Waals surface area contributed by atoms with Crippen molar-refractivity contribution in [1.82, 2.24) is 0 Å². The van der Waals surface area contributed by atoms with Crippen LogP contribution in [-0.2, 0) is 27.2 Å². The summed E-state index contributed by atoms with van der Waals surface area (Å²) in [7, 11) is -5.85. The molecule has 0 aliphatic heterocycles. The van der Waals surface area contributed by atoms with E-state index in [9.17, 15) is 0 Å². The second kappa shape index (κ2) is 16.9. The third kappa shape index (κ3) is 25.0. The van der Waals surface area contributed by atoms with Crippen molar-refractivity contribution in [2.45, 2.75) is 126 Å². The van der Waals surface area contributed by atoms with Crippen molar-refractivity contribution in [1.29, 1.82) is 0 Å². The summed E-state index contributed by atoms with van der Waals surface area (Å²) in [6.45, 7) is 31.1. The summed E-state index contributed by atoms with van der Waals surface area (Å²) in [5.41, 5.74) is 0. The second-order valence-corrected chi connectivity index (χ2v) is 23.1. The second-order valence-electron chi connectivity index (χ2n) is 11.0. The maximum atomic E-state index is 6.43. The van der Waals surface area contributed by atoms with Gasteiger partial charge in [-0.25, -0.2) is 0 Å². The van der Waals surface area contributed by atoms with Gasteiger partial charge in [0.1, 0.15) is 0 Å². The maximum Gasteiger partial charge on any atom is 0.311 e. The highest BCUT2D eigenvalue weighted by Crippen LogP contribution is 2.21. The van der Waals surface area contributed by atoms with Crippen LogP contribution in [0.2, 0.25) is 39.3 Å². The zero-order valence-electron chi connectivity index (χ0n) is 23.8. The van der Waals surface area contributed by atoms with Gasteiger partial charge in [0, 0.05) is 13.2 Å². The highest BCUT2D eigenvalue weighted by atomic mass is 28.5. The first-order chi connectivity index (χ1) is 14.4. The predicted octanol–water partition coefficient (Wildman–Crippen LogP) is 6.29. The molecule has 6 nitrogen and oxygen atoms in total. The highest BCUT2D eigenvalue weighted by molar-refractivity contribution is 6.87. The number of rotatable bonds is 16. The lowest BCUT2D eigenvalue weighted by Gasteiger charge is -2.38. The third-order valence-corrected chi connectivity index (χ3v) is 13.8. The lowest BCUT2D eigenvalue weighted by molar-refractivity contribution is 0.0335. The van der Waals surface area contributed by atoms with E-state index in [1.807, 2.05) is 27.7 Å². The smallest absolute Gasteiger partial charge is 0.311 e. The Bertz CT molecular complexity index is 417. The molecular weight excluding hydrogens is 457 g/mol. The molecule has 0 rings (SSSR count). The summed E-state index contributed by atoms with van der Waals surface area (Å²) in [5, 5.41) is 0. The Morgan fingerprint density at radius 2 is 0.750 bits per heavy atom. The van der Waals surface area contributed by atoms with Crippen molar-refractivity contribution >= 4 is 25.2 Å². The topological polar surface area (TPSA) is 55.4 Å². The number of ether oxygens (including phenoxy) is 4. The summed E-state index contributed by atoms with van der Waals surface area (Å²) in [6, 6.07) is 0. The van der Waals surface area contributed by atoms with Crippen LogP contribution in [0.3, 0.4) is 0 Å². The maximum absolute atomic E-state index is 6.43. The summed E-state index contributed by atoms with van der Waals surface area (Å²) in [4.78, 5) is 0. The van der Waals surface area contributed by atoms with Gasteiger partial charge in [-0.2, -0.15) is 0 Å². The SMILES string of the molecule is CC(C)OCCCOC(C)C.CC(C)OC[Si](C)(C)O[Si](C)(C)O[Si](C)(C)COC(C)C. The first kappa shape index (κ1) is 34.6. The van der Waals surface area contributed by atoms with Gasteiger partial charge >= 0.3 is 8.56 Å². The molecule has 0 aromatic heterocycles. The summed E-state index contributed by atoms with van der Waals surface area (Å²) in [5.74, 6) is 0. The van der Waals surface area contributed by atoms with E-state index < -0.39 is 25.2 Å². The van der Waals surface area contributed by atoms with Crippen LogP contribution in [0.1, 0.15) is 61.8 Å². The molecule has 0 saturated heterocycles. The molecule has 0 aliphatic carbocycles. The Morgan fingerprint density at radius 3 is 1.00 bits per heavy atom. The largest absolute Gasteiger partial charge is 0.435 e. The molecule has 32 heavy (non-hydrogen) atoms. The Labute approximate surface area is 203 Å². The van der Waals surface area contributed by atoms with Crippen LogP contribution < -0.4 is 0 Å². The molecule has 9 heteroatoms. The van der Waals surface area contributed by atoms with Gasteiger partial charge in [0.05, 0.1) is 36.9 Å². The van der Waals surface area contributed by atoms with E-state index in [2.05, 4.69) is 67.0 Å². The van der Waals surface area contributed by atoms with Crippen molar-refractivity contribution in [3.05, 3.63) is 0 Å². The molecule has 0 aliphatic rings. The van der Waals surface area contributed by atoms with E-state index >= 15 is 0 Å². The van der Waals surface area contributed by atoms with E-state index in [4.69, 9.17) is 27.2 Å². The van der Waals surface area contributed by atoms with Crippen LogP contribution in [0.15, 0.2) is 0 Å². The molecule has 0 saturated carbocycles. The van der Waals surface area contributed by atoms with Gasteiger partial charge in [-0.15, -0.1) is 0 Å². The zero-order valence-corrected chi connectivity index (χ0v) is 26.8. The van der Waals surface area contributed by atoms with Crippen molar-refractivity contribution in [2.24, 2.45) is 0 Å². The van der Waals surface area contributed by atoms with E-state index in [-0.39, 0.29) is 12.2 Å². The van der Waals surface area contributed by atoms with E-state index in [1.165, 1.54) is 0 Å². The minimum Gasteiger partial charge on any atom is -0.435 e. The molecule has 0 radical (unpaired) electrons. The molecule has 0 heterocycles. The van der Waals surface area contributed by atoms with Crippen molar-refractivity contribution in [2.75, 3.05) is 25.7 Å². The van der Waals surface area contributed by atoms with Gasteiger partial charge in [0.25, 0.3) is 0 Å². The van der Waals surface area contributed by atoms with Gasteiger partial charge in [0.2, 0.25) is 16.6 Å². The number of hydrogen-bond acceptors (Lipinski definition) is 6. The molecule has 196 valence electrons. The molecule has 0 unspecified atom stereocenters. The summed E-state index contributed by atoms with van der Waals surface area (Å²) >= 11 is 0. The van der Waals surface area contributed by atoms with Gasteiger partial charge in [-0.3, -0.25) is 0 Å². The van der Waals surface area contributed by atoms with Crippen molar-refractivity contribution in [3.8, 4) is 0 Å². The summed E-state index contributed by atoms with van der Waals surface area (Å²) < 4.78 is 35.0. The molecule has 0 bridgehead atoms. The predicted molar refractivity (Wildman–Crippen MR) is 144 cm³/mol. The lowest BCUT2D eigenvalue weighted by Crippen LogP contribution is -2.55. The van der Waals surface area contributed by atoms with E-state index in [1.54, 1.807) is 0 Å². The van der Waals surface area contributed by atoms with Gasteiger partial charge < -0.3 is 27.2 Å². The number of hydrogen-bond donors (Lipinski definition) is 0. The zero-order chi connectivity index (χ0) is 25.6. The fraction of sp³-hybridized carbons (Fsp3) is 1.00. The quantitative estimate of drug-likeness (QED) is 0.179. The van der Waals surface area contributed by atoms with Crippen molar-refractivity contribution in [3.63, 3.8) is 0 Å². The minimum atomic E-state index is -2.15. The molecule has 0 aromatic carbocycles. The van der Waals surface area contributed by atoms with Gasteiger partial charge in [0.15, 0.2) is 0 Å². The van der Waals surface area contributed by atoms with Crippen LogP contribution in [0, 0.1) is 0 Å². The fourth-order valence-corrected chi connectivity index (χ4v) is 16.0. The van der Waals surface area contributed by atoms with Crippen LogP contribution >= 0.6 is 0 Å². The monoisotopic (exact) mass is 512 g/mol. The average molecular weight is 513 g/mol. The molecule has 0 fully saturated rings. The van der Waals surface area contributed by atoms with Crippen molar-refractivity contribution < 1.29 is 27.2 Å². The van der Waals surface area contributed by atoms with E-state index in [0.29, 0.717) is 12.2 Å².